The molecule has 5 nitrogen and oxygen atoms in total. The SMILES string of the molecule is CN=C(NCCc1cccnc1)NCC1CCCN(C)C1c1cccs1. The lowest BCUT2D eigenvalue weighted by atomic mass is 9.88. The van der Waals surface area contributed by atoms with Gasteiger partial charge in [-0.1, -0.05) is 12.1 Å². The summed E-state index contributed by atoms with van der Waals surface area (Å²) in [6.07, 6.45) is 7.19. The number of hydrogen-bond acceptors (Lipinski definition) is 4. The molecule has 1 fully saturated rings. The molecule has 3 rings (SSSR count). The molecule has 1 aliphatic rings. The van der Waals surface area contributed by atoms with E-state index in [4.69, 9.17) is 0 Å². The van der Waals surface area contributed by atoms with Crippen molar-refractivity contribution in [1.82, 2.24) is 20.5 Å². The van der Waals surface area contributed by atoms with Gasteiger partial charge in [0.1, 0.15) is 0 Å². The quantitative estimate of drug-likeness (QED) is 0.606. The zero-order chi connectivity index (χ0) is 18.2. The number of piperidine rings is 1. The van der Waals surface area contributed by atoms with Gasteiger partial charge >= 0.3 is 0 Å². The summed E-state index contributed by atoms with van der Waals surface area (Å²) in [6, 6.07) is 9.02. The topological polar surface area (TPSA) is 52.6 Å². The first-order valence-electron chi connectivity index (χ1n) is 9.35. The Morgan fingerprint density at radius 1 is 1.35 bits per heavy atom. The average Bonchev–Trinajstić information content (AvgIpc) is 3.19. The molecule has 6 heteroatoms. The Bertz CT molecular complexity index is 671. The van der Waals surface area contributed by atoms with E-state index in [0.29, 0.717) is 12.0 Å². The van der Waals surface area contributed by atoms with Crippen LogP contribution in [0.15, 0.2) is 47.0 Å². The minimum absolute atomic E-state index is 0.504. The van der Waals surface area contributed by atoms with Gasteiger partial charge in [-0.2, -0.15) is 0 Å². The van der Waals surface area contributed by atoms with Crippen LogP contribution in [-0.4, -0.2) is 49.6 Å². The van der Waals surface area contributed by atoms with Crippen molar-refractivity contribution in [1.29, 1.82) is 0 Å². The predicted octanol–water partition coefficient (Wildman–Crippen LogP) is 2.93. The standard InChI is InChI=1S/C20H29N5S/c1-21-20(23-11-9-16-6-3-10-22-14-16)24-15-17-7-4-12-25(2)19(17)18-8-5-13-26-18/h3,5-6,8,10,13-14,17,19H,4,7,9,11-12,15H2,1-2H3,(H2,21,23,24). The highest BCUT2D eigenvalue weighted by atomic mass is 32.1. The van der Waals surface area contributed by atoms with Gasteiger partial charge in [0.15, 0.2) is 5.96 Å². The lowest BCUT2D eigenvalue weighted by Crippen LogP contribution is -2.45. The number of likely N-dealkylation sites (tertiary alicyclic amines) is 1. The van der Waals surface area contributed by atoms with E-state index in [1.165, 1.54) is 29.8 Å². The van der Waals surface area contributed by atoms with Gasteiger partial charge in [0.05, 0.1) is 0 Å². The Kier molecular flexibility index (Phi) is 7.03. The Balaban J connectivity index is 1.50. The van der Waals surface area contributed by atoms with Gasteiger partial charge in [-0.25, -0.2) is 0 Å². The molecule has 3 heterocycles. The molecular weight excluding hydrogens is 342 g/mol. The van der Waals surface area contributed by atoms with Crippen LogP contribution in [0, 0.1) is 5.92 Å². The van der Waals surface area contributed by atoms with Gasteiger partial charge in [0, 0.05) is 43.4 Å². The third kappa shape index (κ3) is 5.05. The highest BCUT2D eigenvalue weighted by Gasteiger charge is 2.31. The maximum atomic E-state index is 4.38. The van der Waals surface area contributed by atoms with Crippen LogP contribution >= 0.6 is 11.3 Å². The third-order valence-corrected chi connectivity index (χ3v) is 5.97. The number of nitrogens with one attached hydrogen (secondary N) is 2. The maximum Gasteiger partial charge on any atom is 0.190 e. The van der Waals surface area contributed by atoms with E-state index < -0.39 is 0 Å². The fraction of sp³-hybridized carbons (Fsp3) is 0.500. The lowest BCUT2D eigenvalue weighted by molar-refractivity contribution is 0.125. The van der Waals surface area contributed by atoms with Crippen molar-refractivity contribution in [3.8, 4) is 0 Å². The van der Waals surface area contributed by atoms with E-state index in [-0.39, 0.29) is 0 Å². The van der Waals surface area contributed by atoms with Crippen molar-refractivity contribution in [3.63, 3.8) is 0 Å². The van der Waals surface area contributed by atoms with Gasteiger partial charge in [-0.05, 0) is 61.8 Å². The van der Waals surface area contributed by atoms with Gasteiger partial charge < -0.3 is 10.6 Å². The third-order valence-electron chi connectivity index (χ3n) is 5.03. The highest BCUT2D eigenvalue weighted by molar-refractivity contribution is 7.10. The van der Waals surface area contributed by atoms with E-state index in [1.54, 1.807) is 0 Å². The van der Waals surface area contributed by atoms with Crippen molar-refractivity contribution in [2.24, 2.45) is 10.9 Å². The van der Waals surface area contributed by atoms with Crippen molar-refractivity contribution in [3.05, 3.63) is 52.5 Å². The van der Waals surface area contributed by atoms with Crippen LogP contribution in [0.25, 0.3) is 0 Å². The first kappa shape index (κ1) is 18.9. The van der Waals surface area contributed by atoms with Crippen LogP contribution in [0.1, 0.15) is 29.3 Å². The van der Waals surface area contributed by atoms with Crippen molar-refractivity contribution in [2.45, 2.75) is 25.3 Å². The van der Waals surface area contributed by atoms with Crippen LogP contribution in [0.2, 0.25) is 0 Å². The molecule has 26 heavy (non-hydrogen) atoms. The minimum Gasteiger partial charge on any atom is -0.356 e. The lowest BCUT2D eigenvalue weighted by Gasteiger charge is -2.39. The van der Waals surface area contributed by atoms with Gasteiger partial charge in [0.25, 0.3) is 0 Å². The molecule has 1 aliphatic heterocycles. The Morgan fingerprint density at radius 3 is 3.00 bits per heavy atom. The van der Waals surface area contributed by atoms with E-state index in [0.717, 1.165) is 25.5 Å². The van der Waals surface area contributed by atoms with Crippen molar-refractivity contribution < 1.29 is 0 Å². The molecule has 0 aromatic carbocycles. The summed E-state index contributed by atoms with van der Waals surface area (Å²) < 4.78 is 0. The molecule has 0 radical (unpaired) electrons. The molecule has 2 unspecified atom stereocenters. The molecule has 0 amide bonds. The second kappa shape index (κ2) is 9.69. The van der Waals surface area contributed by atoms with Gasteiger partial charge in [0.2, 0.25) is 0 Å². The van der Waals surface area contributed by atoms with Crippen LogP contribution in [0.3, 0.4) is 0 Å². The number of pyridine rings is 1. The Hall–Kier alpha value is -1.92. The molecule has 2 atom stereocenters. The Morgan fingerprint density at radius 2 is 2.27 bits per heavy atom. The predicted molar refractivity (Wildman–Crippen MR) is 110 cm³/mol. The highest BCUT2D eigenvalue weighted by Crippen LogP contribution is 2.36. The number of thiophene rings is 1. The van der Waals surface area contributed by atoms with E-state index in [1.807, 2.05) is 36.8 Å². The van der Waals surface area contributed by atoms with Gasteiger partial charge in [-0.15, -0.1) is 11.3 Å². The van der Waals surface area contributed by atoms with E-state index in [2.05, 4.69) is 56.1 Å². The Labute approximate surface area is 160 Å². The average molecular weight is 372 g/mol. The largest absolute Gasteiger partial charge is 0.356 e. The molecule has 0 bridgehead atoms. The van der Waals surface area contributed by atoms with Crippen molar-refractivity contribution in [2.75, 3.05) is 33.7 Å². The van der Waals surface area contributed by atoms with Crippen LogP contribution < -0.4 is 10.6 Å². The first-order valence-corrected chi connectivity index (χ1v) is 10.2. The van der Waals surface area contributed by atoms with E-state index in [9.17, 15) is 0 Å². The first-order chi connectivity index (χ1) is 12.8. The molecule has 2 aromatic heterocycles. The molecule has 1 saturated heterocycles. The summed E-state index contributed by atoms with van der Waals surface area (Å²) in [5, 5.41) is 9.14. The molecule has 140 valence electrons. The second-order valence-electron chi connectivity index (χ2n) is 6.83. The van der Waals surface area contributed by atoms with Crippen LogP contribution in [-0.2, 0) is 6.42 Å². The molecule has 0 aliphatic carbocycles. The maximum absolute atomic E-state index is 4.38. The number of hydrogen-bond donors (Lipinski definition) is 2. The van der Waals surface area contributed by atoms with Gasteiger partial charge in [-0.3, -0.25) is 14.9 Å². The zero-order valence-electron chi connectivity index (χ0n) is 15.7. The summed E-state index contributed by atoms with van der Waals surface area (Å²) in [6.45, 7) is 2.97. The number of aromatic nitrogens is 1. The summed E-state index contributed by atoms with van der Waals surface area (Å²) in [5.74, 6) is 1.48. The summed E-state index contributed by atoms with van der Waals surface area (Å²) in [4.78, 5) is 12.5. The number of aliphatic imine (C=N–C) groups is 1. The minimum atomic E-state index is 0.504. The number of guanidine groups is 1. The monoisotopic (exact) mass is 371 g/mol. The molecule has 2 aromatic rings. The summed E-state index contributed by atoms with van der Waals surface area (Å²) >= 11 is 1.87. The molecular formula is C20H29N5S. The van der Waals surface area contributed by atoms with E-state index >= 15 is 0 Å². The summed E-state index contributed by atoms with van der Waals surface area (Å²) in [7, 11) is 4.08. The molecule has 0 saturated carbocycles. The molecule has 0 spiro atoms. The normalized spacial score (nSPS) is 21.5. The zero-order valence-corrected chi connectivity index (χ0v) is 16.5. The smallest absolute Gasteiger partial charge is 0.190 e. The number of rotatable bonds is 6. The molecule has 2 N–H and O–H groups in total. The number of nitrogens with zero attached hydrogens (tertiary/aromatic N) is 3. The fourth-order valence-corrected chi connectivity index (χ4v) is 4.69. The summed E-state index contributed by atoms with van der Waals surface area (Å²) in [5.41, 5.74) is 1.24. The fourth-order valence-electron chi connectivity index (χ4n) is 3.70. The van der Waals surface area contributed by atoms with Crippen LogP contribution in [0.4, 0.5) is 0 Å². The second-order valence-corrected chi connectivity index (χ2v) is 7.81. The van der Waals surface area contributed by atoms with Crippen LogP contribution in [0.5, 0.6) is 0 Å². The van der Waals surface area contributed by atoms with Crippen molar-refractivity contribution >= 4 is 17.3 Å².